The first-order valence-corrected chi connectivity index (χ1v) is 10.3. The SMILES string of the molecule is Cc1ccc([C@H](CC(=O)Nc2cccc(Cl)c2C)N2Cc3ccccc3C2=O)cc1. The van der Waals surface area contributed by atoms with Gasteiger partial charge in [-0.25, -0.2) is 0 Å². The van der Waals surface area contributed by atoms with E-state index in [9.17, 15) is 9.59 Å². The van der Waals surface area contributed by atoms with Crippen molar-refractivity contribution in [2.24, 2.45) is 0 Å². The van der Waals surface area contributed by atoms with Gasteiger partial charge < -0.3 is 10.2 Å². The molecule has 4 rings (SSSR count). The van der Waals surface area contributed by atoms with Crippen molar-refractivity contribution in [1.82, 2.24) is 4.90 Å². The van der Waals surface area contributed by atoms with Crippen molar-refractivity contribution in [3.05, 3.63) is 99.6 Å². The van der Waals surface area contributed by atoms with Crippen LogP contribution in [0.4, 0.5) is 5.69 Å². The highest BCUT2D eigenvalue weighted by Gasteiger charge is 2.34. The van der Waals surface area contributed by atoms with Gasteiger partial charge in [-0.15, -0.1) is 0 Å². The summed E-state index contributed by atoms with van der Waals surface area (Å²) >= 11 is 6.18. The zero-order valence-corrected chi connectivity index (χ0v) is 17.7. The van der Waals surface area contributed by atoms with E-state index in [4.69, 9.17) is 11.6 Å². The quantitative estimate of drug-likeness (QED) is 0.579. The fourth-order valence-electron chi connectivity index (χ4n) is 3.84. The lowest BCUT2D eigenvalue weighted by molar-refractivity contribution is -0.117. The Morgan fingerprint density at radius 1 is 1.03 bits per heavy atom. The van der Waals surface area contributed by atoms with Crippen LogP contribution in [0.5, 0.6) is 0 Å². The van der Waals surface area contributed by atoms with Crippen molar-refractivity contribution in [1.29, 1.82) is 0 Å². The van der Waals surface area contributed by atoms with Gasteiger partial charge in [0, 0.05) is 22.8 Å². The molecule has 1 heterocycles. The second kappa shape index (κ2) is 8.33. The third-order valence-corrected chi connectivity index (χ3v) is 6.02. The highest BCUT2D eigenvalue weighted by molar-refractivity contribution is 6.31. The molecular weight excluding hydrogens is 396 g/mol. The highest BCUT2D eigenvalue weighted by atomic mass is 35.5. The van der Waals surface area contributed by atoms with E-state index in [0.29, 0.717) is 22.8 Å². The molecule has 0 saturated carbocycles. The Balaban J connectivity index is 1.62. The minimum Gasteiger partial charge on any atom is -0.327 e. The Kier molecular flexibility index (Phi) is 5.60. The fraction of sp³-hybridized carbons (Fsp3) is 0.200. The van der Waals surface area contributed by atoms with Gasteiger partial charge in [-0.05, 0) is 48.7 Å². The van der Waals surface area contributed by atoms with Crippen molar-refractivity contribution >= 4 is 29.1 Å². The zero-order valence-electron chi connectivity index (χ0n) is 17.0. The monoisotopic (exact) mass is 418 g/mol. The van der Waals surface area contributed by atoms with Gasteiger partial charge in [0.1, 0.15) is 0 Å². The van der Waals surface area contributed by atoms with Crippen molar-refractivity contribution in [2.75, 3.05) is 5.32 Å². The number of nitrogens with one attached hydrogen (secondary N) is 1. The molecule has 0 aromatic heterocycles. The first-order valence-electron chi connectivity index (χ1n) is 9.94. The third kappa shape index (κ3) is 3.96. The maximum absolute atomic E-state index is 13.1. The van der Waals surface area contributed by atoms with Crippen LogP contribution in [0.25, 0.3) is 0 Å². The van der Waals surface area contributed by atoms with E-state index in [1.54, 1.807) is 11.0 Å². The summed E-state index contributed by atoms with van der Waals surface area (Å²) in [6, 6.07) is 20.7. The van der Waals surface area contributed by atoms with Crippen LogP contribution in [0.15, 0.2) is 66.7 Å². The van der Waals surface area contributed by atoms with E-state index in [-0.39, 0.29) is 24.3 Å². The summed E-state index contributed by atoms with van der Waals surface area (Å²) in [7, 11) is 0. The van der Waals surface area contributed by atoms with E-state index in [0.717, 1.165) is 22.3 Å². The Morgan fingerprint density at radius 2 is 1.77 bits per heavy atom. The van der Waals surface area contributed by atoms with Crippen LogP contribution in [0, 0.1) is 13.8 Å². The number of rotatable bonds is 5. The number of nitrogens with zero attached hydrogens (tertiary/aromatic N) is 1. The van der Waals surface area contributed by atoms with E-state index >= 15 is 0 Å². The van der Waals surface area contributed by atoms with Gasteiger partial charge >= 0.3 is 0 Å². The van der Waals surface area contributed by atoms with Gasteiger partial charge in [0.05, 0.1) is 12.5 Å². The molecule has 0 fully saturated rings. The summed E-state index contributed by atoms with van der Waals surface area (Å²) < 4.78 is 0. The van der Waals surface area contributed by atoms with Crippen molar-refractivity contribution in [3.8, 4) is 0 Å². The van der Waals surface area contributed by atoms with Crippen LogP contribution < -0.4 is 5.32 Å². The van der Waals surface area contributed by atoms with Gasteiger partial charge in [0.15, 0.2) is 0 Å². The summed E-state index contributed by atoms with van der Waals surface area (Å²) in [5.41, 5.74) is 5.29. The molecule has 0 radical (unpaired) electrons. The molecule has 3 aromatic carbocycles. The molecule has 2 amide bonds. The summed E-state index contributed by atoms with van der Waals surface area (Å²) in [6.45, 7) is 4.39. The number of aryl methyl sites for hydroxylation is 1. The lowest BCUT2D eigenvalue weighted by Crippen LogP contribution is -2.32. The summed E-state index contributed by atoms with van der Waals surface area (Å²) in [5.74, 6) is -0.197. The number of carbonyl (C=O) groups excluding carboxylic acids is 2. The maximum Gasteiger partial charge on any atom is 0.255 e. The first kappa shape index (κ1) is 20.2. The molecular formula is C25H23ClN2O2. The van der Waals surface area contributed by atoms with Gasteiger partial charge in [-0.1, -0.05) is 65.7 Å². The number of fused-ring (bicyclic) bond motifs is 1. The van der Waals surface area contributed by atoms with Crippen LogP contribution >= 0.6 is 11.6 Å². The molecule has 152 valence electrons. The van der Waals surface area contributed by atoms with Gasteiger partial charge in [-0.2, -0.15) is 0 Å². The van der Waals surface area contributed by atoms with Gasteiger partial charge in [0.25, 0.3) is 5.91 Å². The molecule has 1 aliphatic heterocycles. The number of hydrogen-bond donors (Lipinski definition) is 1. The largest absolute Gasteiger partial charge is 0.327 e. The van der Waals surface area contributed by atoms with Crippen molar-refractivity contribution < 1.29 is 9.59 Å². The highest BCUT2D eigenvalue weighted by Crippen LogP contribution is 2.34. The Bertz CT molecular complexity index is 1110. The van der Waals surface area contributed by atoms with Crippen LogP contribution in [-0.4, -0.2) is 16.7 Å². The number of benzene rings is 3. The van der Waals surface area contributed by atoms with Crippen LogP contribution in [0.1, 0.15) is 45.1 Å². The summed E-state index contributed by atoms with van der Waals surface area (Å²) in [4.78, 5) is 27.9. The fourth-order valence-corrected chi connectivity index (χ4v) is 4.02. The number of amides is 2. The average molecular weight is 419 g/mol. The van der Waals surface area contributed by atoms with Crippen LogP contribution in [-0.2, 0) is 11.3 Å². The van der Waals surface area contributed by atoms with Crippen LogP contribution in [0.3, 0.4) is 0 Å². The molecule has 30 heavy (non-hydrogen) atoms. The van der Waals surface area contributed by atoms with Crippen molar-refractivity contribution in [3.63, 3.8) is 0 Å². The molecule has 1 aliphatic rings. The zero-order chi connectivity index (χ0) is 21.3. The molecule has 0 aliphatic carbocycles. The molecule has 0 bridgehead atoms. The lowest BCUT2D eigenvalue weighted by Gasteiger charge is -2.28. The first-order chi connectivity index (χ1) is 14.4. The van der Waals surface area contributed by atoms with E-state index < -0.39 is 0 Å². The predicted octanol–water partition coefficient (Wildman–Crippen LogP) is 5.68. The maximum atomic E-state index is 13.1. The summed E-state index contributed by atoms with van der Waals surface area (Å²) in [5, 5.41) is 3.57. The number of halogens is 1. The molecule has 1 atom stereocenters. The Labute approximate surface area is 181 Å². The van der Waals surface area contributed by atoms with Crippen molar-refractivity contribution in [2.45, 2.75) is 32.9 Å². The van der Waals surface area contributed by atoms with Gasteiger partial charge in [0.2, 0.25) is 5.91 Å². The van der Waals surface area contributed by atoms with E-state index in [2.05, 4.69) is 5.32 Å². The molecule has 0 unspecified atom stereocenters. The molecule has 5 heteroatoms. The van der Waals surface area contributed by atoms with E-state index in [1.807, 2.05) is 74.5 Å². The minimum absolute atomic E-state index is 0.0390. The normalized spacial score (nSPS) is 13.8. The smallest absolute Gasteiger partial charge is 0.255 e. The number of carbonyl (C=O) groups is 2. The topological polar surface area (TPSA) is 49.4 Å². The van der Waals surface area contributed by atoms with Crippen LogP contribution in [0.2, 0.25) is 5.02 Å². The number of hydrogen-bond acceptors (Lipinski definition) is 2. The lowest BCUT2D eigenvalue weighted by atomic mass is 10.00. The predicted molar refractivity (Wildman–Crippen MR) is 120 cm³/mol. The van der Waals surface area contributed by atoms with E-state index in [1.165, 1.54) is 0 Å². The Hall–Kier alpha value is -3.11. The molecule has 4 nitrogen and oxygen atoms in total. The van der Waals surface area contributed by atoms with Gasteiger partial charge in [-0.3, -0.25) is 9.59 Å². The minimum atomic E-state index is -0.356. The second-order valence-electron chi connectivity index (χ2n) is 7.68. The molecule has 0 spiro atoms. The average Bonchev–Trinajstić information content (AvgIpc) is 3.07. The third-order valence-electron chi connectivity index (χ3n) is 5.61. The molecule has 3 aromatic rings. The molecule has 1 N–H and O–H groups in total. The molecule has 0 saturated heterocycles. The summed E-state index contributed by atoms with van der Waals surface area (Å²) in [6.07, 6.45) is 0.161. The second-order valence-corrected chi connectivity index (χ2v) is 8.09. The Morgan fingerprint density at radius 3 is 2.50 bits per heavy atom. The number of anilines is 1. The standard InChI is InChI=1S/C25H23ClN2O2/c1-16-10-12-18(13-11-16)23(28-15-19-6-3-4-7-20(19)25(28)30)14-24(29)27-22-9-5-8-21(26)17(22)2/h3-13,23H,14-15H2,1-2H3,(H,27,29)/t23-/m0/s1.